The first kappa shape index (κ1) is 17.0. The second-order valence-electron chi connectivity index (χ2n) is 7.08. The molecule has 0 saturated heterocycles. The van der Waals surface area contributed by atoms with Crippen molar-refractivity contribution >= 4 is 46.6 Å². The van der Waals surface area contributed by atoms with Crippen molar-refractivity contribution in [3.05, 3.63) is 46.5 Å². The van der Waals surface area contributed by atoms with E-state index in [1.54, 1.807) is 0 Å². The summed E-state index contributed by atoms with van der Waals surface area (Å²) in [5.41, 5.74) is 5.07. The second kappa shape index (κ2) is 5.78. The molecular formula is C20H14Cl3NO4. The lowest BCUT2D eigenvalue weighted by atomic mass is 9.86. The Balaban J connectivity index is 1.59. The van der Waals surface area contributed by atoms with Crippen molar-refractivity contribution in [2.45, 2.75) is 16.3 Å². The summed E-state index contributed by atoms with van der Waals surface area (Å²) in [6.07, 6.45) is 2.92. The SMILES string of the molecule is ClC(Cl)(Cl)[C@H]1c2c(ccc3c2OCO3)C=C2c3cc4c(cc3CCN21)OCO4. The summed E-state index contributed by atoms with van der Waals surface area (Å²) in [4.78, 5) is 2.14. The molecule has 28 heavy (non-hydrogen) atoms. The van der Waals surface area contributed by atoms with Crippen molar-refractivity contribution in [2.75, 3.05) is 20.1 Å². The molecule has 0 unspecified atom stereocenters. The molecule has 4 aliphatic heterocycles. The minimum atomic E-state index is -1.55. The summed E-state index contributed by atoms with van der Waals surface area (Å²) in [7, 11) is 0. The van der Waals surface area contributed by atoms with E-state index in [9.17, 15) is 0 Å². The first-order valence-electron chi connectivity index (χ1n) is 8.91. The van der Waals surface area contributed by atoms with E-state index < -0.39 is 9.83 Å². The maximum Gasteiger partial charge on any atom is 0.231 e. The highest BCUT2D eigenvalue weighted by molar-refractivity contribution is 6.68. The largest absolute Gasteiger partial charge is 0.454 e. The molecule has 0 aliphatic carbocycles. The fraction of sp³-hybridized carbons (Fsp3) is 0.300. The molecule has 0 saturated carbocycles. The summed E-state index contributed by atoms with van der Waals surface area (Å²) in [5, 5.41) is 0. The Labute approximate surface area is 176 Å². The van der Waals surface area contributed by atoms with E-state index >= 15 is 0 Å². The van der Waals surface area contributed by atoms with Crippen molar-refractivity contribution in [2.24, 2.45) is 0 Å². The van der Waals surface area contributed by atoms with Crippen LogP contribution in [0.1, 0.15) is 28.3 Å². The van der Waals surface area contributed by atoms with Crippen LogP contribution >= 0.6 is 34.8 Å². The molecule has 144 valence electrons. The summed E-state index contributed by atoms with van der Waals surface area (Å²) >= 11 is 19.5. The Kier molecular flexibility index (Phi) is 3.50. The lowest BCUT2D eigenvalue weighted by Crippen LogP contribution is -2.41. The van der Waals surface area contributed by atoms with Crippen LogP contribution in [0.5, 0.6) is 23.0 Å². The molecule has 0 N–H and O–H groups in total. The fourth-order valence-electron chi connectivity index (χ4n) is 4.43. The van der Waals surface area contributed by atoms with E-state index in [0.29, 0.717) is 18.0 Å². The van der Waals surface area contributed by atoms with E-state index in [4.69, 9.17) is 53.8 Å². The standard InChI is InChI=1S/C20H14Cl3NO4/c21-20(22,23)19-17-11(1-2-14-18(17)28-9-25-14)5-13-12-7-16-15(26-8-27-16)6-10(12)3-4-24(13)19/h1-2,5-7,19H,3-4,8-9H2/t19-/m1/s1. The molecule has 0 spiro atoms. The molecule has 4 heterocycles. The van der Waals surface area contributed by atoms with Crippen LogP contribution in [0, 0.1) is 0 Å². The Bertz CT molecular complexity index is 1050. The molecule has 0 radical (unpaired) electrons. The van der Waals surface area contributed by atoms with E-state index in [0.717, 1.165) is 40.3 Å². The van der Waals surface area contributed by atoms with Crippen molar-refractivity contribution in [3.63, 3.8) is 0 Å². The van der Waals surface area contributed by atoms with Gasteiger partial charge in [-0.2, -0.15) is 0 Å². The molecule has 1 atom stereocenters. The molecule has 0 bridgehead atoms. The Morgan fingerprint density at radius 1 is 0.929 bits per heavy atom. The van der Waals surface area contributed by atoms with Gasteiger partial charge in [-0.3, -0.25) is 0 Å². The molecule has 8 heteroatoms. The van der Waals surface area contributed by atoms with Crippen LogP contribution in [0.25, 0.3) is 11.8 Å². The van der Waals surface area contributed by atoms with Crippen molar-refractivity contribution < 1.29 is 18.9 Å². The smallest absolute Gasteiger partial charge is 0.231 e. The fourth-order valence-corrected chi connectivity index (χ4v) is 5.12. The third kappa shape index (κ3) is 2.33. The topological polar surface area (TPSA) is 40.2 Å². The van der Waals surface area contributed by atoms with E-state index in [2.05, 4.69) is 17.0 Å². The van der Waals surface area contributed by atoms with Crippen molar-refractivity contribution in [1.29, 1.82) is 0 Å². The number of nitrogens with zero attached hydrogens (tertiary/aromatic N) is 1. The Morgan fingerprint density at radius 3 is 2.50 bits per heavy atom. The normalized spacial score (nSPS) is 21.0. The first-order chi connectivity index (χ1) is 13.5. The van der Waals surface area contributed by atoms with Gasteiger partial charge in [0, 0.05) is 23.4 Å². The van der Waals surface area contributed by atoms with Crippen LogP contribution in [0.3, 0.4) is 0 Å². The zero-order valence-electron chi connectivity index (χ0n) is 14.5. The molecule has 4 aliphatic rings. The van der Waals surface area contributed by atoms with Crippen LogP contribution in [0.15, 0.2) is 24.3 Å². The summed E-state index contributed by atoms with van der Waals surface area (Å²) < 4.78 is 20.9. The van der Waals surface area contributed by atoms with Gasteiger partial charge in [-0.05, 0) is 41.8 Å². The van der Waals surface area contributed by atoms with E-state index in [1.807, 2.05) is 18.2 Å². The minimum absolute atomic E-state index is 0.168. The van der Waals surface area contributed by atoms with Gasteiger partial charge in [0.25, 0.3) is 0 Å². The number of halogens is 3. The average Bonchev–Trinajstić information content (AvgIpc) is 3.32. The molecule has 6 rings (SSSR count). The third-order valence-corrected chi connectivity index (χ3v) is 6.22. The number of ether oxygens (including phenoxy) is 4. The molecule has 0 aromatic heterocycles. The van der Waals surface area contributed by atoms with Gasteiger partial charge in [-0.15, -0.1) is 0 Å². The van der Waals surface area contributed by atoms with Gasteiger partial charge in [0.15, 0.2) is 23.0 Å². The molecule has 2 aromatic carbocycles. The summed E-state index contributed by atoms with van der Waals surface area (Å²) in [6.45, 7) is 1.12. The zero-order valence-corrected chi connectivity index (χ0v) is 16.8. The number of benzene rings is 2. The number of rotatable bonds is 0. The van der Waals surface area contributed by atoms with E-state index in [-0.39, 0.29) is 13.6 Å². The van der Waals surface area contributed by atoms with E-state index in [1.165, 1.54) is 5.56 Å². The first-order valence-corrected chi connectivity index (χ1v) is 10.0. The molecule has 2 aromatic rings. The lowest BCUT2D eigenvalue weighted by molar-refractivity contribution is 0.171. The minimum Gasteiger partial charge on any atom is -0.454 e. The number of fused-ring (bicyclic) bond motifs is 7. The maximum absolute atomic E-state index is 6.50. The average molecular weight is 439 g/mol. The van der Waals surface area contributed by atoms with Gasteiger partial charge in [-0.25, -0.2) is 0 Å². The predicted octanol–water partition coefficient (Wildman–Crippen LogP) is 4.93. The maximum atomic E-state index is 6.50. The predicted molar refractivity (Wildman–Crippen MR) is 106 cm³/mol. The lowest BCUT2D eigenvalue weighted by Gasteiger charge is -2.45. The Morgan fingerprint density at radius 2 is 1.68 bits per heavy atom. The van der Waals surface area contributed by atoms with Crippen LogP contribution in [-0.2, 0) is 6.42 Å². The van der Waals surface area contributed by atoms with Crippen LogP contribution < -0.4 is 18.9 Å². The highest BCUT2D eigenvalue weighted by Gasteiger charge is 2.47. The number of hydrogen-bond donors (Lipinski definition) is 0. The van der Waals surface area contributed by atoms with Crippen LogP contribution in [0.2, 0.25) is 0 Å². The van der Waals surface area contributed by atoms with Gasteiger partial charge in [0.05, 0.1) is 0 Å². The molecule has 0 fully saturated rings. The highest BCUT2D eigenvalue weighted by atomic mass is 35.6. The number of hydrogen-bond acceptors (Lipinski definition) is 5. The van der Waals surface area contributed by atoms with Gasteiger partial charge in [0.1, 0.15) is 6.04 Å². The van der Waals surface area contributed by atoms with Gasteiger partial charge in [-0.1, -0.05) is 40.9 Å². The summed E-state index contributed by atoms with van der Waals surface area (Å²) in [6, 6.07) is 7.45. The zero-order chi connectivity index (χ0) is 19.0. The molecule has 5 nitrogen and oxygen atoms in total. The Hall–Kier alpha value is -1.95. The second-order valence-corrected chi connectivity index (χ2v) is 9.45. The monoisotopic (exact) mass is 437 g/mol. The summed E-state index contributed by atoms with van der Waals surface area (Å²) in [5.74, 6) is 2.85. The quantitative estimate of drug-likeness (QED) is 0.546. The van der Waals surface area contributed by atoms with Crippen LogP contribution in [0.4, 0.5) is 0 Å². The molecular weight excluding hydrogens is 425 g/mol. The van der Waals surface area contributed by atoms with Gasteiger partial charge in [0.2, 0.25) is 17.4 Å². The van der Waals surface area contributed by atoms with Crippen molar-refractivity contribution in [1.82, 2.24) is 4.90 Å². The highest BCUT2D eigenvalue weighted by Crippen LogP contribution is 2.57. The van der Waals surface area contributed by atoms with Crippen molar-refractivity contribution in [3.8, 4) is 23.0 Å². The van der Waals surface area contributed by atoms with Gasteiger partial charge >= 0.3 is 0 Å². The number of alkyl halides is 3. The molecule has 0 amide bonds. The van der Waals surface area contributed by atoms with Gasteiger partial charge < -0.3 is 23.8 Å². The van der Waals surface area contributed by atoms with Crippen LogP contribution in [-0.4, -0.2) is 28.8 Å². The third-order valence-electron chi connectivity index (χ3n) is 5.60.